The summed E-state index contributed by atoms with van der Waals surface area (Å²) in [6.07, 6.45) is 2.14. The molecule has 0 radical (unpaired) electrons. The van der Waals surface area contributed by atoms with Crippen molar-refractivity contribution in [1.29, 1.82) is 0 Å². The molecule has 0 rings (SSSR count). The van der Waals surface area contributed by atoms with E-state index < -0.39 is 0 Å². The molecule has 0 spiro atoms. The van der Waals surface area contributed by atoms with E-state index in [4.69, 9.17) is 9.47 Å². The minimum Gasteiger partial charge on any atom is -0.348 e. The van der Waals surface area contributed by atoms with Gasteiger partial charge in [0.05, 0.1) is 13.2 Å². The van der Waals surface area contributed by atoms with Crippen LogP contribution in [0.2, 0.25) is 0 Å². The minimum atomic E-state index is -0.220. The monoisotopic (exact) mass is 268 g/mol. The highest BCUT2D eigenvalue weighted by molar-refractivity contribution is 4.91. The molecule has 1 unspecified atom stereocenters. The Morgan fingerprint density at radius 2 is 1.47 bits per heavy atom. The number of rotatable bonds is 10. The van der Waals surface area contributed by atoms with Gasteiger partial charge in [-0.25, -0.2) is 0 Å². The predicted octanol–water partition coefficient (Wildman–Crippen LogP) is 4.96. The first kappa shape index (κ1) is 18.4. The van der Waals surface area contributed by atoms with Gasteiger partial charge in [0.2, 0.25) is 0 Å². The van der Waals surface area contributed by atoms with E-state index in [1.807, 2.05) is 13.8 Å². The van der Waals surface area contributed by atoms with Gasteiger partial charge in [-0.3, -0.25) is 0 Å². The van der Waals surface area contributed by atoms with Gasteiger partial charge in [-0.1, -0.05) is 64.8 Å². The fourth-order valence-electron chi connectivity index (χ4n) is 1.95. The minimum absolute atomic E-state index is 0.0269. The van der Waals surface area contributed by atoms with E-state index >= 15 is 0 Å². The zero-order valence-electron chi connectivity index (χ0n) is 13.7. The Morgan fingerprint density at radius 3 is 1.79 bits per heavy atom. The van der Waals surface area contributed by atoms with E-state index in [1.165, 1.54) is 12.8 Å². The van der Waals surface area contributed by atoms with Gasteiger partial charge in [-0.15, -0.1) is 0 Å². The lowest BCUT2D eigenvalue weighted by Gasteiger charge is -2.39. The van der Waals surface area contributed by atoms with E-state index in [1.54, 1.807) is 0 Å². The van der Waals surface area contributed by atoms with Gasteiger partial charge in [-0.2, -0.15) is 0 Å². The molecule has 0 aliphatic carbocycles. The number of hydrogen-bond donors (Lipinski definition) is 0. The van der Waals surface area contributed by atoms with Crippen LogP contribution in [0.25, 0.3) is 0 Å². The second kappa shape index (κ2) is 8.55. The molecule has 19 heavy (non-hydrogen) atoms. The molecule has 0 heterocycles. The fourth-order valence-corrected chi connectivity index (χ4v) is 1.95. The first-order valence-corrected chi connectivity index (χ1v) is 7.23. The molecule has 0 aromatic heterocycles. The lowest BCUT2D eigenvalue weighted by atomic mass is 9.77. The molecule has 0 amide bonds. The van der Waals surface area contributed by atoms with E-state index in [-0.39, 0.29) is 11.7 Å². The molecule has 0 fully saturated rings. The van der Waals surface area contributed by atoms with Crippen molar-refractivity contribution in [2.45, 2.75) is 60.7 Å². The summed E-state index contributed by atoms with van der Waals surface area (Å²) in [6, 6.07) is 0. The van der Waals surface area contributed by atoms with Crippen molar-refractivity contribution in [2.75, 3.05) is 13.2 Å². The Labute approximate surface area is 119 Å². The molecular formula is C17H32O2. The van der Waals surface area contributed by atoms with Crippen LogP contribution in [0.15, 0.2) is 24.3 Å². The predicted molar refractivity (Wildman–Crippen MR) is 83.2 cm³/mol. The van der Waals surface area contributed by atoms with Crippen LogP contribution in [-0.4, -0.2) is 19.5 Å². The fraction of sp³-hybridized carbons (Fsp3) is 0.765. The summed E-state index contributed by atoms with van der Waals surface area (Å²) >= 11 is 0. The Morgan fingerprint density at radius 1 is 1.05 bits per heavy atom. The van der Waals surface area contributed by atoms with E-state index in [0.717, 1.165) is 11.1 Å². The molecule has 2 nitrogen and oxygen atoms in total. The molecule has 1 atom stereocenters. The molecule has 0 saturated heterocycles. The number of hydrogen-bond acceptors (Lipinski definition) is 2. The molecule has 0 aromatic carbocycles. The molecule has 112 valence electrons. The van der Waals surface area contributed by atoms with Crippen LogP contribution in [0, 0.1) is 11.3 Å². The van der Waals surface area contributed by atoms with Gasteiger partial charge in [-0.05, 0) is 19.8 Å². The van der Waals surface area contributed by atoms with Gasteiger partial charge < -0.3 is 9.47 Å². The molecule has 0 bridgehead atoms. The molecule has 0 saturated carbocycles. The van der Waals surface area contributed by atoms with Crippen LogP contribution in [-0.2, 0) is 9.47 Å². The summed E-state index contributed by atoms with van der Waals surface area (Å²) in [7, 11) is 0. The summed E-state index contributed by atoms with van der Waals surface area (Å²) in [5.41, 5.74) is 2.01. The van der Waals surface area contributed by atoms with Crippen LogP contribution >= 0.6 is 0 Å². The van der Waals surface area contributed by atoms with Crippen LogP contribution in [0.3, 0.4) is 0 Å². The largest absolute Gasteiger partial charge is 0.348 e. The summed E-state index contributed by atoms with van der Waals surface area (Å²) in [6.45, 7) is 21.7. The molecule has 2 heteroatoms. The first-order valence-electron chi connectivity index (χ1n) is 7.23. The Kier molecular flexibility index (Phi) is 8.28. The van der Waals surface area contributed by atoms with Crippen molar-refractivity contribution in [3.05, 3.63) is 24.3 Å². The Balaban J connectivity index is 4.75. The summed E-state index contributed by atoms with van der Waals surface area (Å²) in [4.78, 5) is 0. The average Bonchev–Trinajstić information content (AvgIpc) is 2.28. The maximum absolute atomic E-state index is 5.92. The van der Waals surface area contributed by atoms with Crippen molar-refractivity contribution >= 4 is 0 Å². The van der Waals surface area contributed by atoms with Crippen LogP contribution in [0.5, 0.6) is 0 Å². The van der Waals surface area contributed by atoms with E-state index in [2.05, 4.69) is 40.9 Å². The highest BCUT2D eigenvalue weighted by atomic mass is 16.7. The summed E-state index contributed by atoms with van der Waals surface area (Å²) in [5, 5.41) is 0. The van der Waals surface area contributed by atoms with Crippen LogP contribution < -0.4 is 0 Å². The highest BCUT2D eigenvalue weighted by Crippen LogP contribution is 2.36. The SMILES string of the molecule is C=C(C)COC(OCC(=C)C)C(C)(C)C(C)CCC. The highest BCUT2D eigenvalue weighted by Gasteiger charge is 2.36. The summed E-state index contributed by atoms with van der Waals surface area (Å²) in [5.74, 6) is 0.540. The van der Waals surface area contributed by atoms with Gasteiger partial charge in [0.1, 0.15) is 0 Å². The summed E-state index contributed by atoms with van der Waals surface area (Å²) < 4.78 is 11.8. The van der Waals surface area contributed by atoms with Crippen molar-refractivity contribution in [1.82, 2.24) is 0 Å². The molecule has 0 aromatic rings. The molecule has 0 N–H and O–H groups in total. The van der Waals surface area contributed by atoms with Crippen LogP contribution in [0.1, 0.15) is 54.4 Å². The van der Waals surface area contributed by atoms with Gasteiger partial charge in [0.25, 0.3) is 0 Å². The zero-order valence-corrected chi connectivity index (χ0v) is 13.7. The van der Waals surface area contributed by atoms with Crippen molar-refractivity contribution < 1.29 is 9.47 Å². The first-order chi connectivity index (χ1) is 8.71. The second-order valence-corrected chi connectivity index (χ2v) is 6.38. The lowest BCUT2D eigenvalue weighted by Crippen LogP contribution is -2.40. The maximum Gasteiger partial charge on any atom is 0.163 e. The topological polar surface area (TPSA) is 18.5 Å². The third-order valence-electron chi connectivity index (χ3n) is 3.56. The second-order valence-electron chi connectivity index (χ2n) is 6.38. The van der Waals surface area contributed by atoms with Gasteiger partial charge in [0, 0.05) is 5.41 Å². The maximum atomic E-state index is 5.92. The van der Waals surface area contributed by atoms with Crippen LogP contribution in [0.4, 0.5) is 0 Å². The number of ether oxygens (including phenoxy) is 2. The third-order valence-corrected chi connectivity index (χ3v) is 3.56. The van der Waals surface area contributed by atoms with E-state index in [0.29, 0.717) is 19.1 Å². The zero-order chi connectivity index (χ0) is 15.1. The average molecular weight is 268 g/mol. The van der Waals surface area contributed by atoms with Crippen molar-refractivity contribution in [3.8, 4) is 0 Å². The molecular weight excluding hydrogens is 236 g/mol. The van der Waals surface area contributed by atoms with Gasteiger partial charge in [0.15, 0.2) is 6.29 Å². The van der Waals surface area contributed by atoms with Gasteiger partial charge >= 0.3 is 0 Å². The lowest BCUT2D eigenvalue weighted by molar-refractivity contribution is -0.203. The molecule has 0 aliphatic rings. The normalized spacial score (nSPS) is 13.6. The molecule has 0 aliphatic heterocycles. The van der Waals surface area contributed by atoms with E-state index in [9.17, 15) is 0 Å². The Hall–Kier alpha value is -0.600. The van der Waals surface area contributed by atoms with Crippen molar-refractivity contribution in [2.24, 2.45) is 11.3 Å². The standard InChI is InChI=1S/C17H32O2/c1-9-10-15(6)17(7,8)16(18-11-13(2)3)19-12-14(4)5/h15-16H,2,4,9-12H2,1,3,5-8H3. The smallest absolute Gasteiger partial charge is 0.163 e. The Bertz CT molecular complexity index is 274. The quantitative estimate of drug-likeness (QED) is 0.412. The third kappa shape index (κ3) is 6.93. The van der Waals surface area contributed by atoms with Crippen molar-refractivity contribution in [3.63, 3.8) is 0 Å².